The quantitative estimate of drug-likeness (QED) is 0.823. The molecular formula is C16H26N4O2. The zero-order chi connectivity index (χ0) is 14.9. The normalized spacial score (nSPS) is 27.0. The summed E-state index contributed by atoms with van der Waals surface area (Å²) in [4.78, 5) is 2.57. The Hall–Kier alpha value is -0.980. The summed E-state index contributed by atoms with van der Waals surface area (Å²) < 4.78 is 13.2. The Morgan fingerprint density at radius 2 is 2.05 bits per heavy atom. The molecule has 3 heterocycles. The third-order valence-corrected chi connectivity index (χ3v) is 5.24. The van der Waals surface area contributed by atoms with Gasteiger partial charge in [0, 0.05) is 51.9 Å². The van der Waals surface area contributed by atoms with Crippen LogP contribution in [0.5, 0.6) is 0 Å². The van der Waals surface area contributed by atoms with Crippen molar-refractivity contribution < 1.29 is 9.47 Å². The topological polar surface area (TPSA) is 52.4 Å². The van der Waals surface area contributed by atoms with E-state index in [9.17, 15) is 0 Å². The first-order chi connectivity index (χ1) is 10.8. The van der Waals surface area contributed by atoms with Crippen molar-refractivity contribution in [3.8, 4) is 0 Å². The van der Waals surface area contributed by atoms with E-state index in [0.717, 1.165) is 58.2 Å². The van der Waals surface area contributed by atoms with E-state index in [-0.39, 0.29) is 0 Å². The Labute approximate surface area is 131 Å². The SMILES string of the molecule is COCC1CN(C2CCOCC2)Cc2nnn(CC3CC3)c21. The summed E-state index contributed by atoms with van der Waals surface area (Å²) >= 11 is 0. The van der Waals surface area contributed by atoms with E-state index in [1.54, 1.807) is 7.11 Å². The Morgan fingerprint density at radius 3 is 2.77 bits per heavy atom. The molecule has 0 N–H and O–H groups in total. The van der Waals surface area contributed by atoms with E-state index in [0.29, 0.717) is 12.0 Å². The molecule has 6 heteroatoms. The van der Waals surface area contributed by atoms with Crippen molar-refractivity contribution in [3.63, 3.8) is 0 Å². The number of aromatic nitrogens is 3. The van der Waals surface area contributed by atoms with Crippen molar-refractivity contribution in [1.29, 1.82) is 0 Å². The third-order valence-electron chi connectivity index (χ3n) is 5.24. The summed E-state index contributed by atoms with van der Waals surface area (Å²) in [6.45, 7) is 5.56. The van der Waals surface area contributed by atoms with Gasteiger partial charge in [0.15, 0.2) is 0 Å². The minimum Gasteiger partial charge on any atom is -0.384 e. The maximum atomic E-state index is 5.51. The van der Waals surface area contributed by atoms with Gasteiger partial charge in [0.1, 0.15) is 5.69 Å². The fourth-order valence-corrected chi connectivity index (χ4v) is 3.88. The van der Waals surface area contributed by atoms with Crippen LogP contribution in [-0.4, -0.2) is 59.4 Å². The van der Waals surface area contributed by atoms with Crippen molar-refractivity contribution in [3.05, 3.63) is 11.4 Å². The number of hydrogen-bond donors (Lipinski definition) is 0. The van der Waals surface area contributed by atoms with E-state index < -0.39 is 0 Å². The van der Waals surface area contributed by atoms with Gasteiger partial charge in [-0.25, -0.2) is 4.68 Å². The van der Waals surface area contributed by atoms with E-state index >= 15 is 0 Å². The summed E-state index contributed by atoms with van der Waals surface area (Å²) in [6, 6.07) is 0.620. The van der Waals surface area contributed by atoms with Gasteiger partial charge in [0.2, 0.25) is 0 Å². The average Bonchev–Trinajstić information content (AvgIpc) is 3.27. The highest BCUT2D eigenvalue weighted by Crippen LogP contribution is 2.34. The number of nitrogens with zero attached hydrogens (tertiary/aromatic N) is 4. The largest absolute Gasteiger partial charge is 0.384 e. The maximum absolute atomic E-state index is 5.51. The Morgan fingerprint density at radius 1 is 1.23 bits per heavy atom. The molecule has 0 bridgehead atoms. The molecule has 4 rings (SSSR count). The lowest BCUT2D eigenvalue weighted by Crippen LogP contribution is -2.45. The maximum Gasteiger partial charge on any atom is 0.100 e. The highest BCUT2D eigenvalue weighted by Gasteiger charge is 2.35. The van der Waals surface area contributed by atoms with Crippen LogP contribution < -0.4 is 0 Å². The highest BCUT2D eigenvalue weighted by atomic mass is 16.5. The number of fused-ring (bicyclic) bond motifs is 1. The first-order valence-electron chi connectivity index (χ1n) is 8.58. The Balaban J connectivity index is 1.55. The van der Waals surface area contributed by atoms with Crippen LogP contribution in [0.25, 0.3) is 0 Å². The van der Waals surface area contributed by atoms with Crippen molar-refractivity contribution in [1.82, 2.24) is 19.9 Å². The van der Waals surface area contributed by atoms with E-state index in [4.69, 9.17) is 9.47 Å². The molecule has 122 valence electrons. The fraction of sp³-hybridized carbons (Fsp3) is 0.875. The van der Waals surface area contributed by atoms with Crippen LogP contribution in [0.15, 0.2) is 0 Å². The minimum atomic E-state index is 0.394. The molecule has 1 unspecified atom stereocenters. The predicted octanol–water partition coefficient (Wildman–Crippen LogP) is 1.41. The van der Waals surface area contributed by atoms with Crippen LogP contribution in [-0.2, 0) is 22.6 Å². The van der Waals surface area contributed by atoms with Crippen LogP contribution in [0.1, 0.15) is 43.0 Å². The summed E-state index contributed by atoms with van der Waals surface area (Å²) in [7, 11) is 1.79. The summed E-state index contributed by atoms with van der Waals surface area (Å²) in [5.41, 5.74) is 2.50. The minimum absolute atomic E-state index is 0.394. The molecule has 3 aliphatic rings. The molecule has 6 nitrogen and oxygen atoms in total. The van der Waals surface area contributed by atoms with Gasteiger partial charge in [-0.05, 0) is 31.6 Å². The molecule has 2 aliphatic heterocycles. The number of rotatable bonds is 5. The van der Waals surface area contributed by atoms with Crippen molar-refractivity contribution >= 4 is 0 Å². The van der Waals surface area contributed by atoms with Crippen LogP contribution in [0.2, 0.25) is 0 Å². The van der Waals surface area contributed by atoms with E-state index in [1.807, 2.05) is 0 Å². The molecule has 0 radical (unpaired) electrons. The molecule has 1 aliphatic carbocycles. The van der Waals surface area contributed by atoms with Crippen LogP contribution in [0.3, 0.4) is 0 Å². The number of ether oxygens (including phenoxy) is 2. The fourth-order valence-electron chi connectivity index (χ4n) is 3.88. The summed E-state index contributed by atoms with van der Waals surface area (Å²) in [5, 5.41) is 8.95. The summed E-state index contributed by atoms with van der Waals surface area (Å²) in [6.07, 6.45) is 4.95. The Kier molecular flexibility index (Phi) is 4.15. The number of hydrogen-bond acceptors (Lipinski definition) is 5. The molecule has 0 spiro atoms. The van der Waals surface area contributed by atoms with Crippen molar-refractivity contribution in [2.24, 2.45) is 5.92 Å². The van der Waals surface area contributed by atoms with Gasteiger partial charge < -0.3 is 9.47 Å². The average molecular weight is 306 g/mol. The molecular weight excluding hydrogens is 280 g/mol. The lowest BCUT2D eigenvalue weighted by atomic mass is 9.95. The highest BCUT2D eigenvalue weighted by molar-refractivity contribution is 5.20. The molecule has 1 saturated carbocycles. The molecule has 22 heavy (non-hydrogen) atoms. The van der Waals surface area contributed by atoms with Gasteiger partial charge in [0.25, 0.3) is 0 Å². The monoisotopic (exact) mass is 306 g/mol. The standard InChI is InChI=1S/C16H26N4O2/c1-21-11-13-9-19(14-4-6-22-7-5-14)10-15-16(13)20(18-17-15)8-12-2-3-12/h12-14H,2-11H2,1H3. The Bertz CT molecular complexity index is 508. The van der Waals surface area contributed by atoms with Crippen LogP contribution in [0.4, 0.5) is 0 Å². The molecule has 2 fully saturated rings. The zero-order valence-electron chi connectivity index (χ0n) is 13.4. The van der Waals surface area contributed by atoms with E-state index in [2.05, 4.69) is 19.9 Å². The van der Waals surface area contributed by atoms with Gasteiger partial charge >= 0.3 is 0 Å². The smallest absolute Gasteiger partial charge is 0.100 e. The van der Waals surface area contributed by atoms with Gasteiger partial charge in [-0.3, -0.25) is 4.90 Å². The first-order valence-corrected chi connectivity index (χ1v) is 8.58. The lowest BCUT2D eigenvalue weighted by molar-refractivity contribution is 0.0193. The molecule has 1 atom stereocenters. The van der Waals surface area contributed by atoms with E-state index in [1.165, 1.54) is 24.2 Å². The predicted molar refractivity (Wildman–Crippen MR) is 81.6 cm³/mol. The molecule has 0 aromatic carbocycles. The number of methoxy groups -OCH3 is 1. The van der Waals surface area contributed by atoms with Crippen molar-refractivity contribution in [2.75, 3.05) is 33.5 Å². The molecule has 0 amide bonds. The third kappa shape index (κ3) is 2.92. The van der Waals surface area contributed by atoms with Crippen LogP contribution >= 0.6 is 0 Å². The summed E-state index contributed by atoms with van der Waals surface area (Å²) in [5.74, 6) is 1.22. The second-order valence-corrected chi connectivity index (χ2v) is 6.97. The lowest BCUT2D eigenvalue weighted by Gasteiger charge is -2.39. The second kappa shape index (κ2) is 6.26. The first kappa shape index (κ1) is 14.6. The van der Waals surface area contributed by atoms with Gasteiger partial charge in [-0.2, -0.15) is 0 Å². The molecule has 1 aromatic rings. The second-order valence-electron chi connectivity index (χ2n) is 6.97. The van der Waals surface area contributed by atoms with Crippen LogP contribution in [0, 0.1) is 5.92 Å². The van der Waals surface area contributed by atoms with Gasteiger partial charge in [-0.15, -0.1) is 5.10 Å². The zero-order valence-corrected chi connectivity index (χ0v) is 13.4. The van der Waals surface area contributed by atoms with Gasteiger partial charge in [0.05, 0.1) is 12.3 Å². The van der Waals surface area contributed by atoms with Gasteiger partial charge in [-0.1, -0.05) is 5.21 Å². The van der Waals surface area contributed by atoms with Crippen molar-refractivity contribution in [2.45, 2.75) is 50.7 Å². The molecule has 1 aromatic heterocycles. The molecule has 1 saturated heterocycles.